The fourth-order valence-electron chi connectivity index (χ4n) is 3.75. The van der Waals surface area contributed by atoms with E-state index in [0.717, 1.165) is 34.8 Å². The number of anilines is 1. The number of fused-ring (bicyclic) bond motifs is 1. The fourth-order valence-corrected chi connectivity index (χ4v) is 4.91. The number of nitrogens with zero attached hydrogens (tertiary/aromatic N) is 3. The summed E-state index contributed by atoms with van der Waals surface area (Å²) in [5.41, 5.74) is 5.10. The second-order valence-electron chi connectivity index (χ2n) is 9.00. The maximum Gasteiger partial charge on any atom is 0.410 e. The van der Waals surface area contributed by atoms with Crippen LogP contribution in [0.15, 0.2) is 18.3 Å². The quantitative estimate of drug-likeness (QED) is 0.473. The summed E-state index contributed by atoms with van der Waals surface area (Å²) in [4.78, 5) is 20.2. The highest BCUT2D eigenvalue weighted by Gasteiger charge is 2.43. The Labute approximate surface area is 184 Å². The summed E-state index contributed by atoms with van der Waals surface area (Å²) in [6, 6.07) is 4.11. The first-order valence-corrected chi connectivity index (χ1v) is 11.2. The number of aliphatic hydroxyl groups is 2. The minimum absolute atomic E-state index is 0.0646. The highest BCUT2D eigenvalue weighted by atomic mass is 32.1. The van der Waals surface area contributed by atoms with E-state index in [1.807, 2.05) is 16.7 Å². The van der Waals surface area contributed by atoms with Crippen molar-refractivity contribution in [2.75, 3.05) is 5.32 Å². The van der Waals surface area contributed by atoms with Crippen molar-refractivity contribution in [1.29, 1.82) is 0 Å². The third kappa shape index (κ3) is 4.30. The molecule has 166 valence electrons. The predicted octanol–water partition coefficient (Wildman–Crippen LogP) is 3.96. The van der Waals surface area contributed by atoms with Gasteiger partial charge in [-0.1, -0.05) is 13.8 Å². The molecule has 3 aromatic rings. The summed E-state index contributed by atoms with van der Waals surface area (Å²) in [5.74, 6) is 0. The second kappa shape index (κ2) is 7.89. The molecular formula is C22H28N4O4S. The summed E-state index contributed by atoms with van der Waals surface area (Å²) in [6.45, 7) is 6.31. The average molecular weight is 445 g/mol. The Morgan fingerprint density at radius 2 is 1.84 bits per heavy atom. The molecule has 5 rings (SSSR count). The van der Waals surface area contributed by atoms with E-state index in [1.54, 1.807) is 0 Å². The molecule has 2 saturated carbocycles. The molecule has 0 radical (unpaired) electrons. The summed E-state index contributed by atoms with van der Waals surface area (Å²) in [7, 11) is 0. The van der Waals surface area contributed by atoms with Crippen LogP contribution in [0.1, 0.15) is 67.1 Å². The largest absolute Gasteiger partial charge is 0.465 e. The molecule has 0 aromatic carbocycles. The van der Waals surface area contributed by atoms with Crippen molar-refractivity contribution in [3.05, 3.63) is 45.9 Å². The van der Waals surface area contributed by atoms with Gasteiger partial charge in [0.05, 0.1) is 30.3 Å². The third-order valence-corrected chi connectivity index (χ3v) is 7.53. The standard InChI is InChI=1S/C13H16N2O.C9H12N2O3S/c1-9-3-6-15-10(8-16)12(13(2)4-5-13)14-11(15)7-9;1-9(2-3-9)6-5(4-12)10-7(15-6)11-8(13)14/h3,6-7,16H,4-5,8H2,1-2H3;12H,2-4H2,1H3,(H,10,11)(H,13,14). The van der Waals surface area contributed by atoms with Gasteiger partial charge in [0.15, 0.2) is 5.13 Å². The van der Waals surface area contributed by atoms with Crippen molar-refractivity contribution in [3.8, 4) is 0 Å². The SMILES string of the molecule is CC1(c2sc(NC(=O)O)nc2CO)CC1.Cc1ccn2c(CO)c(C3(C)CC3)nc2c1. The number of hydrogen-bond donors (Lipinski definition) is 4. The number of nitrogens with one attached hydrogen (secondary N) is 1. The van der Waals surface area contributed by atoms with Gasteiger partial charge in [0.2, 0.25) is 0 Å². The molecule has 0 atom stereocenters. The number of imidazole rings is 1. The van der Waals surface area contributed by atoms with Crippen LogP contribution in [-0.2, 0) is 24.0 Å². The smallest absolute Gasteiger partial charge is 0.410 e. The van der Waals surface area contributed by atoms with E-state index in [1.165, 1.54) is 29.7 Å². The number of rotatable bonds is 5. The number of carboxylic acid groups (broad SMARTS) is 1. The van der Waals surface area contributed by atoms with E-state index in [-0.39, 0.29) is 24.0 Å². The van der Waals surface area contributed by atoms with Crippen LogP contribution in [0.25, 0.3) is 5.65 Å². The Morgan fingerprint density at radius 1 is 1.16 bits per heavy atom. The molecule has 2 aliphatic rings. The number of hydrogen-bond acceptors (Lipinski definition) is 6. The van der Waals surface area contributed by atoms with Gasteiger partial charge in [-0.3, -0.25) is 5.32 Å². The van der Waals surface area contributed by atoms with Gasteiger partial charge in [-0.05, 0) is 50.3 Å². The van der Waals surface area contributed by atoms with E-state index < -0.39 is 6.09 Å². The van der Waals surface area contributed by atoms with Gasteiger partial charge in [0, 0.05) is 21.9 Å². The van der Waals surface area contributed by atoms with Gasteiger partial charge >= 0.3 is 6.09 Å². The number of pyridine rings is 1. The van der Waals surface area contributed by atoms with Crippen LogP contribution in [0.5, 0.6) is 0 Å². The Balaban J connectivity index is 0.000000150. The lowest BCUT2D eigenvalue weighted by Crippen LogP contribution is -2.06. The zero-order valence-electron chi connectivity index (χ0n) is 18.0. The summed E-state index contributed by atoms with van der Waals surface area (Å²) >= 11 is 1.32. The number of aromatic nitrogens is 3. The highest BCUT2D eigenvalue weighted by Crippen LogP contribution is 2.51. The van der Waals surface area contributed by atoms with Crippen LogP contribution in [0.2, 0.25) is 0 Å². The van der Waals surface area contributed by atoms with E-state index in [4.69, 9.17) is 10.2 Å². The van der Waals surface area contributed by atoms with Crippen LogP contribution in [0.3, 0.4) is 0 Å². The fraction of sp³-hybridized carbons (Fsp3) is 0.500. The molecule has 0 saturated heterocycles. The number of amides is 1. The second-order valence-corrected chi connectivity index (χ2v) is 10.0. The van der Waals surface area contributed by atoms with E-state index in [2.05, 4.69) is 42.1 Å². The first-order valence-electron chi connectivity index (χ1n) is 10.4. The number of aryl methyl sites for hydroxylation is 1. The van der Waals surface area contributed by atoms with Crippen molar-refractivity contribution in [2.45, 2.75) is 70.5 Å². The molecule has 0 unspecified atom stereocenters. The van der Waals surface area contributed by atoms with Crippen LogP contribution < -0.4 is 5.32 Å². The highest BCUT2D eigenvalue weighted by molar-refractivity contribution is 7.16. The molecule has 0 bridgehead atoms. The Kier molecular flexibility index (Phi) is 5.53. The lowest BCUT2D eigenvalue weighted by molar-refractivity contribution is 0.209. The van der Waals surface area contributed by atoms with Crippen molar-refractivity contribution >= 4 is 28.2 Å². The normalized spacial score (nSPS) is 17.7. The summed E-state index contributed by atoms with van der Waals surface area (Å²) < 4.78 is 2.01. The van der Waals surface area contributed by atoms with Crippen LogP contribution >= 0.6 is 11.3 Å². The van der Waals surface area contributed by atoms with Gasteiger partial charge in [-0.2, -0.15) is 0 Å². The molecule has 9 heteroatoms. The zero-order chi connectivity index (χ0) is 22.4. The van der Waals surface area contributed by atoms with Gasteiger partial charge in [-0.15, -0.1) is 11.3 Å². The topological polar surface area (TPSA) is 120 Å². The first-order chi connectivity index (χ1) is 14.7. The molecule has 0 aliphatic heterocycles. The van der Waals surface area contributed by atoms with E-state index in [0.29, 0.717) is 10.8 Å². The van der Waals surface area contributed by atoms with Crippen molar-refractivity contribution in [2.24, 2.45) is 0 Å². The van der Waals surface area contributed by atoms with Gasteiger partial charge in [-0.25, -0.2) is 14.8 Å². The Bertz CT molecular complexity index is 1130. The molecule has 3 aromatic heterocycles. The summed E-state index contributed by atoms with van der Waals surface area (Å²) in [5, 5.41) is 29.7. The Hall–Kier alpha value is -2.49. The third-order valence-electron chi connectivity index (χ3n) is 6.21. The van der Waals surface area contributed by atoms with E-state index in [9.17, 15) is 9.90 Å². The number of carbonyl (C=O) groups is 1. The lowest BCUT2D eigenvalue weighted by Gasteiger charge is -2.06. The van der Waals surface area contributed by atoms with Crippen molar-refractivity contribution in [3.63, 3.8) is 0 Å². The minimum atomic E-state index is -1.12. The molecule has 31 heavy (non-hydrogen) atoms. The first kappa shape index (κ1) is 21.7. The number of thiazole rings is 1. The summed E-state index contributed by atoms with van der Waals surface area (Å²) in [6.07, 6.45) is 5.40. The van der Waals surface area contributed by atoms with Gasteiger partial charge < -0.3 is 19.7 Å². The number of aliphatic hydroxyl groups excluding tert-OH is 2. The molecule has 3 heterocycles. The van der Waals surface area contributed by atoms with E-state index >= 15 is 0 Å². The molecule has 2 aliphatic carbocycles. The van der Waals surface area contributed by atoms with Crippen molar-refractivity contribution < 1.29 is 20.1 Å². The molecule has 8 nitrogen and oxygen atoms in total. The maximum absolute atomic E-state index is 10.4. The molecule has 2 fully saturated rings. The lowest BCUT2D eigenvalue weighted by atomic mass is 10.0. The average Bonchev–Trinajstić information content (AvgIpc) is 3.56. The zero-order valence-corrected chi connectivity index (χ0v) is 18.8. The molecule has 1 amide bonds. The van der Waals surface area contributed by atoms with Gasteiger partial charge in [0.25, 0.3) is 0 Å². The van der Waals surface area contributed by atoms with Gasteiger partial charge in [0.1, 0.15) is 5.65 Å². The molecule has 0 spiro atoms. The van der Waals surface area contributed by atoms with Crippen LogP contribution in [-0.4, -0.2) is 35.8 Å². The van der Waals surface area contributed by atoms with Crippen LogP contribution in [0, 0.1) is 6.92 Å². The predicted molar refractivity (Wildman–Crippen MR) is 119 cm³/mol. The molecule has 4 N–H and O–H groups in total. The maximum atomic E-state index is 10.4. The molecular weight excluding hydrogens is 416 g/mol. The Morgan fingerprint density at radius 3 is 2.39 bits per heavy atom. The van der Waals surface area contributed by atoms with Crippen LogP contribution in [0.4, 0.5) is 9.93 Å². The minimum Gasteiger partial charge on any atom is -0.465 e. The van der Waals surface area contributed by atoms with Crippen molar-refractivity contribution in [1.82, 2.24) is 14.4 Å². The monoisotopic (exact) mass is 444 g/mol.